The van der Waals surface area contributed by atoms with Crippen molar-refractivity contribution in [2.24, 2.45) is 4.99 Å². The Kier molecular flexibility index (Phi) is 9.68. The molecule has 0 bridgehead atoms. The van der Waals surface area contributed by atoms with Crippen LogP contribution in [0.4, 0.5) is 50.0 Å². The van der Waals surface area contributed by atoms with E-state index in [4.69, 9.17) is 9.57 Å². The molecule has 1 unspecified atom stereocenters. The van der Waals surface area contributed by atoms with E-state index in [2.05, 4.69) is 26.2 Å². The highest BCUT2D eigenvalue weighted by atomic mass is 79.9. The highest BCUT2D eigenvalue weighted by Crippen LogP contribution is 2.43. The summed E-state index contributed by atoms with van der Waals surface area (Å²) in [6, 6.07) is 2.48. The molecule has 0 spiro atoms. The minimum Gasteiger partial charge on any atom is -0.449 e. The zero-order chi connectivity index (χ0) is 32.6. The minimum atomic E-state index is -5.07. The van der Waals surface area contributed by atoms with Crippen LogP contribution < -0.4 is 10.2 Å². The summed E-state index contributed by atoms with van der Waals surface area (Å²) in [5.41, 5.74) is -4.24. The van der Waals surface area contributed by atoms with Crippen LogP contribution in [0.2, 0.25) is 0 Å². The van der Waals surface area contributed by atoms with Gasteiger partial charge in [-0.2, -0.15) is 39.5 Å². The summed E-state index contributed by atoms with van der Waals surface area (Å²) in [5, 5.41) is 4.01. The van der Waals surface area contributed by atoms with Crippen molar-refractivity contribution in [1.29, 1.82) is 0 Å². The van der Waals surface area contributed by atoms with E-state index >= 15 is 0 Å². The second-order valence-corrected chi connectivity index (χ2v) is 10.6. The molecular formula is C27H26BrF9N4O3. The molecule has 0 saturated heterocycles. The number of rotatable bonds is 6. The zero-order valence-corrected chi connectivity index (χ0v) is 24.7. The van der Waals surface area contributed by atoms with Crippen molar-refractivity contribution in [3.63, 3.8) is 0 Å². The van der Waals surface area contributed by atoms with Crippen LogP contribution in [0.5, 0.6) is 0 Å². The number of aliphatic imine (C=N–C) groups is 1. The first kappa shape index (κ1) is 33.7. The van der Waals surface area contributed by atoms with Gasteiger partial charge in [0.15, 0.2) is 6.23 Å². The number of hydrogen-bond acceptors (Lipinski definition) is 6. The summed E-state index contributed by atoms with van der Waals surface area (Å²) in [6.07, 6.45) is -16.1. The summed E-state index contributed by atoms with van der Waals surface area (Å²) >= 11 is 3.17. The molecule has 0 aromatic heterocycles. The molecule has 3 atom stereocenters. The average molecular weight is 705 g/mol. The lowest BCUT2D eigenvalue weighted by atomic mass is 9.89. The fourth-order valence-electron chi connectivity index (χ4n) is 4.99. The van der Waals surface area contributed by atoms with Gasteiger partial charge in [0.2, 0.25) is 5.96 Å². The average Bonchev–Trinajstić information content (AvgIpc) is 3.31. The predicted molar refractivity (Wildman–Crippen MR) is 144 cm³/mol. The standard InChI is InChI=1S/C27H26BrF9N4O3/c1-3-18-11-20(19-10-15(25(29,30)31)5-6-21(19)41(18)24(42)43-4-2)38-23-39-22(12-28)44-40(23)13-14-7-16(26(32,33)34)9-17(8-14)27(35,36)37/h5-10,18,20,22H,3-4,11-13H2,1-2H3,(H,38,39)/t18-,20+,22?/m1/s1. The molecule has 242 valence electrons. The molecule has 2 heterocycles. The van der Waals surface area contributed by atoms with E-state index in [1.807, 2.05) is 0 Å². The Labute approximate surface area is 254 Å². The summed E-state index contributed by atoms with van der Waals surface area (Å²) in [4.78, 5) is 24.0. The number of amides is 1. The molecule has 0 aliphatic carbocycles. The van der Waals surface area contributed by atoms with Crippen molar-refractivity contribution >= 4 is 33.7 Å². The molecule has 2 aliphatic rings. The number of fused-ring (bicyclic) bond motifs is 1. The third-order valence-electron chi connectivity index (χ3n) is 6.96. The molecule has 0 radical (unpaired) electrons. The van der Waals surface area contributed by atoms with Crippen LogP contribution in [0.25, 0.3) is 0 Å². The van der Waals surface area contributed by atoms with Gasteiger partial charge in [-0.3, -0.25) is 4.90 Å². The SMILES string of the molecule is CCOC(=O)N1c2ccc(C(F)(F)F)cc2[C@@H](NC2=NC(CBr)ON2Cc2cc(C(F)(F)F)cc(C(F)(F)F)c2)C[C@H]1CC. The number of guanidine groups is 1. The van der Waals surface area contributed by atoms with Crippen LogP contribution in [0.1, 0.15) is 60.5 Å². The normalized spacial score (nSPS) is 20.8. The Hall–Kier alpha value is -3.21. The predicted octanol–water partition coefficient (Wildman–Crippen LogP) is 8.04. The molecule has 1 N–H and O–H groups in total. The molecule has 2 aromatic carbocycles. The van der Waals surface area contributed by atoms with E-state index in [0.29, 0.717) is 18.6 Å². The van der Waals surface area contributed by atoms with Gasteiger partial charge in [0.05, 0.1) is 46.9 Å². The lowest BCUT2D eigenvalue weighted by molar-refractivity contribution is -0.144. The number of benzene rings is 2. The Morgan fingerprint density at radius 2 is 1.59 bits per heavy atom. The van der Waals surface area contributed by atoms with Crippen molar-refractivity contribution in [2.75, 3.05) is 16.8 Å². The van der Waals surface area contributed by atoms with Gasteiger partial charge in [-0.05, 0) is 67.3 Å². The number of alkyl halides is 10. The van der Waals surface area contributed by atoms with E-state index in [0.717, 1.165) is 23.3 Å². The second-order valence-electron chi connectivity index (χ2n) is 9.95. The number of halogens is 10. The molecular weight excluding hydrogens is 679 g/mol. The minimum absolute atomic E-state index is 0.000257. The summed E-state index contributed by atoms with van der Waals surface area (Å²) in [5.74, 6) is -0.131. The van der Waals surface area contributed by atoms with Gasteiger partial charge in [-0.1, -0.05) is 22.9 Å². The number of nitrogens with one attached hydrogen (secondary N) is 1. The molecule has 0 saturated carbocycles. The van der Waals surface area contributed by atoms with Gasteiger partial charge in [0.1, 0.15) is 0 Å². The smallest absolute Gasteiger partial charge is 0.416 e. The summed E-state index contributed by atoms with van der Waals surface area (Å²) < 4.78 is 127. The fourth-order valence-corrected chi connectivity index (χ4v) is 5.26. The van der Waals surface area contributed by atoms with E-state index in [-0.39, 0.29) is 41.6 Å². The lowest BCUT2D eigenvalue weighted by Gasteiger charge is -2.41. The van der Waals surface area contributed by atoms with Crippen molar-refractivity contribution in [3.05, 3.63) is 64.2 Å². The van der Waals surface area contributed by atoms with Gasteiger partial charge < -0.3 is 10.1 Å². The molecule has 17 heteroatoms. The van der Waals surface area contributed by atoms with E-state index < -0.39 is 71.7 Å². The van der Waals surface area contributed by atoms with E-state index in [1.165, 1.54) is 4.90 Å². The molecule has 0 fully saturated rings. The summed E-state index contributed by atoms with van der Waals surface area (Å²) in [6.45, 7) is 2.75. The number of hydrogen-bond donors (Lipinski definition) is 1. The Morgan fingerprint density at radius 1 is 0.977 bits per heavy atom. The van der Waals surface area contributed by atoms with Gasteiger partial charge in [-0.25, -0.2) is 19.7 Å². The van der Waals surface area contributed by atoms with Crippen LogP contribution in [-0.2, 0) is 34.6 Å². The zero-order valence-electron chi connectivity index (χ0n) is 23.1. The number of carbonyl (C=O) groups is 1. The third-order valence-corrected chi connectivity index (χ3v) is 7.51. The first-order valence-electron chi connectivity index (χ1n) is 13.3. The highest BCUT2D eigenvalue weighted by molar-refractivity contribution is 9.09. The maximum atomic E-state index is 13.7. The maximum absolute atomic E-state index is 13.7. The molecule has 4 rings (SSSR count). The number of carbonyl (C=O) groups excluding carboxylic acids is 1. The lowest BCUT2D eigenvalue weighted by Crippen LogP contribution is -2.49. The van der Waals surface area contributed by atoms with Gasteiger partial charge in [0, 0.05) is 6.04 Å². The number of nitrogens with zero attached hydrogens (tertiary/aromatic N) is 3. The second kappa shape index (κ2) is 12.7. The summed E-state index contributed by atoms with van der Waals surface area (Å²) in [7, 11) is 0. The molecule has 1 amide bonds. The van der Waals surface area contributed by atoms with Crippen LogP contribution in [0.3, 0.4) is 0 Å². The quantitative estimate of drug-likeness (QED) is 0.244. The number of ether oxygens (including phenoxy) is 1. The van der Waals surface area contributed by atoms with Gasteiger partial charge in [-0.15, -0.1) is 0 Å². The molecule has 44 heavy (non-hydrogen) atoms. The Bertz CT molecular complexity index is 1370. The largest absolute Gasteiger partial charge is 0.449 e. The van der Waals surface area contributed by atoms with Crippen molar-refractivity contribution in [1.82, 2.24) is 10.4 Å². The maximum Gasteiger partial charge on any atom is 0.416 e. The monoisotopic (exact) mass is 704 g/mol. The van der Waals surface area contributed by atoms with E-state index in [1.54, 1.807) is 13.8 Å². The fraction of sp³-hybridized carbons (Fsp3) is 0.481. The molecule has 7 nitrogen and oxygen atoms in total. The van der Waals surface area contributed by atoms with Crippen molar-refractivity contribution < 1.29 is 53.9 Å². The first-order chi connectivity index (χ1) is 20.5. The highest BCUT2D eigenvalue weighted by Gasteiger charge is 2.41. The molecule has 2 aromatic rings. The van der Waals surface area contributed by atoms with Crippen LogP contribution in [0.15, 0.2) is 41.4 Å². The molecule has 2 aliphatic heterocycles. The van der Waals surface area contributed by atoms with Gasteiger partial charge in [0.25, 0.3) is 0 Å². The number of anilines is 1. The van der Waals surface area contributed by atoms with Crippen molar-refractivity contribution in [2.45, 2.75) is 70.1 Å². The Balaban J connectivity index is 1.73. The van der Waals surface area contributed by atoms with E-state index in [9.17, 15) is 44.3 Å². The van der Waals surface area contributed by atoms with Crippen LogP contribution in [0, 0.1) is 0 Å². The van der Waals surface area contributed by atoms with Crippen LogP contribution in [-0.4, -0.2) is 41.3 Å². The third kappa shape index (κ3) is 7.35. The van der Waals surface area contributed by atoms with Crippen molar-refractivity contribution in [3.8, 4) is 0 Å². The topological polar surface area (TPSA) is 66.4 Å². The van der Waals surface area contributed by atoms with Gasteiger partial charge >= 0.3 is 24.6 Å². The first-order valence-corrected chi connectivity index (χ1v) is 14.4. The number of hydroxylamine groups is 2. The van der Waals surface area contributed by atoms with Crippen LogP contribution >= 0.6 is 15.9 Å². The Morgan fingerprint density at radius 3 is 2.11 bits per heavy atom.